The molecule has 1 nitrogen and oxygen atoms in total. The van der Waals surface area contributed by atoms with Crippen LogP contribution in [0.25, 0.3) is 0 Å². The van der Waals surface area contributed by atoms with Crippen LogP contribution in [0.4, 0.5) is 0 Å². The smallest absolute Gasteiger partial charge is 0.159 e. The second-order valence-corrected chi connectivity index (χ2v) is 4.29. The van der Waals surface area contributed by atoms with E-state index in [2.05, 4.69) is 20.9 Å². The van der Waals surface area contributed by atoms with Crippen LogP contribution in [0.5, 0.6) is 0 Å². The Morgan fingerprint density at radius 1 is 1.78 bits per heavy atom. The molecule has 0 aliphatic rings. The van der Waals surface area contributed by atoms with Crippen molar-refractivity contribution < 1.29 is 0 Å². The van der Waals surface area contributed by atoms with Gasteiger partial charge in [0.2, 0.25) is 0 Å². The molecule has 0 saturated heterocycles. The van der Waals surface area contributed by atoms with Crippen molar-refractivity contribution in [2.45, 2.75) is 6.42 Å². The van der Waals surface area contributed by atoms with Gasteiger partial charge < -0.3 is 0 Å². The Morgan fingerprint density at radius 3 is 3.00 bits per heavy atom. The highest BCUT2D eigenvalue weighted by Gasteiger charge is 1.95. The largest absolute Gasteiger partial charge is 0.237 e. The molecular formula is C5H5BrClNS. The van der Waals surface area contributed by atoms with Crippen LogP contribution >= 0.6 is 38.9 Å². The molecule has 0 saturated carbocycles. The van der Waals surface area contributed by atoms with E-state index in [1.54, 1.807) is 11.3 Å². The van der Waals surface area contributed by atoms with Gasteiger partial charge in [0.1, 0.15) is 0 Å². The number of hydrogen-bond donors (Lipinski definition) is 0. The molecule has 1 heterocycles. The number of halogens is 2. The first-order chi connectivity index (χ1) is 4.33. The molecule has 0 atom stereocenters. The Morgan fingerprint density at radius 2 is 2.56 bits per heavy atom. The molecule has 0 aliphatic heterocycles. The predicted molar refractivity (Wildman–Crippen MR) is 44.2 cm³/mol. The lowest BCUT2D eigenvalue weighted by atomic mass is 10.4. The highest BCUT2D eigenvalue weighted by Crippen LogP contribution is 2.18. The maximum absolute atomic E-state index is 5.51. The fourth-order valence-corrected chi connectivity index (χ4v) is 2.17. The maximum Gasteiger partial charge on any atom is 0.159 e. The third kappa shape index (κ3) is 2.24. The number of alkyl halides is 1. The first kappa shape index (κ1) is 7.51. The summed E-state index contributed by atoms with van der Waals surface area (Å²) in [5.74, 6) is 0.675. The fraction of sp³-hybridized carbons (Fsp3) is 0.400. The van der Waals surface area contributed by atoms with Gasteiger partial charge in [-0.25, -0.2) is 4.98 Å². The van der Waals surface area contributed by atoms with Gasteiger partial charge in [0.05, 0.1) is 0 Å². The zero-order valence-corrected chi connectivity index (χ0v) is 7.76. The first-order valence-electron chi connectivity index (χ1n) is 2.49. The molecule has 0 aromatic carbocycles. The summed E-state index contributed by atoms with van der Waals surface area (Å²) in [6.07, 6.45) is 2.77. The average Bonchev–Trinajstić information content (AvgIpc) is 2.17. The van der Waals surface area contributed by atoms with Crippen molar-refractivity contribution in [2.24, 2.45) is 0 Å². The van der Waals surface area contributed by atoms with Crippen molar-refractivity contribution in [1.29, 1.82) is 0 Å². The van der Waals surface area contributed by atoms with Gasteiger partial charge in [-0.3, -0.25) is 0 Å². The van der Waals surface area contributed by atoms with Crippen molar-refractivity contribution in [3.05, 3.63) is 15.0 Å². The van der Waals surface area contributed by atoms with E-state index in [0.29, 0.717) is 5.88 Å². The average molecular weight is 227 g/mol. The van der Waals surface area contributed by atoms with Gasteiger partial charge in [0, 0.05) is 17.0 Å². The Bertz CT molecular complexity index is 189. The van der Waals surface area contributed by atoms with Crippen molar-refractivity contribution >= 4 is 38.9 Å². The van der Waals surface area contributed by atoms with Gasteiger partial charge in [-0.2, -0.15) is 0 Å². The summed E-state index contributed by atoms with van der Waals surface area (Å²) in [5, 5.41) is 0. The summed E-state index contributed by atoms with van der Waals surface area (Å²) in [5.41, 5.74) is 0. The fourth-order valence-electron chi connectivity index (χ4n) is 0.492. The lowest BCUT2D eigenvalue weighted by Crippen LogP contribution is -1.77. The molecule has 0 bridgehead atoms. The van der Waals surface area contributed by atoms with Crippen molar-refractivity contribution in [1.82, 2.24) is 4.98 Å². The molecule has 1 aromatic heterocycles. The normalized spacial score (nSPS) is 10.0. The Balaban J connectivity index is 2.61. The van der Waals surface area contributed by atoms with Gasteiger partial charge in [0.25, 0.3) is 0 Å². The van der Waals surface area contributed by atoms with Crippen molar-refractivity contribution in [3.63, 3.8) is 0 Å². The number of aromatic nitrogens is 1. The summed E-state index contributed by atoms with van der Waals surface area (Å²) in [6, 6.07) is 0. The molecule has 4 heteroatoms. The van der Waals surface area contributed by atoms with Crippen LogP contribution in [0.2, 0.25) is 0 Å². The standard InChI is InChI=1S/C5H5BrClNS/c6-5-8-3-4(9-5)1-2-7/h3H,1-2H2. The van der Waals surface area contributed by atoms with E-state index in [0.717, 1.165) is 10.3 Å². The molecule has 0 N–H and O–H groups in total. The molecule has 1 rings (SSSR count). The minimum Gasteiger partial charge on any atom is -0.237 e. The quantitative estimate of drug-likeness (QED) is 0.707. The van der Waals surface area contributed by atoms with Crippen LogP contribution in [-0.4, -0.2) is 10.9 Å². The predicted octanol–water partition coefficient (Wildman–Crippen LogP) is 2.69. The molecular weight excluding hydrogens is 221 g/mol. The lowest BCUT2D eigenvalue weighted by Gasteiger charge is -1.83. The summed E-state index contributed by atoms with van der Waals surface area (Å²) in [4.78, 5) is 5.24. The number of nitrogens with zero attached hydrogens (tertiary/aromatic N) is 1. The Kier molecular flexibility index (Phi) is 2.95. The van der Waals surface area contributed by atoms with Gasteiger partial charge in [-0.15, -0.1) is 22.9 Å². The molecule has 0 unspecified atom stereocenters. The van der Waals surface area contributed by atoms with E-state index < -0.39 is 0 Å². The monoisotopic (exact) mass is 225 g/mol. The SMILES string of the molecule is ClCCc1cnc(Br)s1. The van der Waals surface area contributed by atoms with E-state index in [1.807, 2.05) is 6.20 Å². The van der Waals surface area contributed by atoms with E-state index in [4.69, 9.17) is 11.6 Å². The molecule has 0 spiro atoms. The van der Waals surface area contributed by atoms with Crippen LogP contribution in [0.15, 0.2) is 10.1 Å². The van der Waals surface area contributed by atoms with E-state index in [1.165, 1.54) is 4.88 Å². The van der Waals surface area contributed by atoms with E-state index in [-0.39, 0.29) is 0 Å². The van der Waals surface area contributed by atoms with Crippen molar-refractivity contribution in [2.75, 3.05) is 5.88 Å². The molecule has 0 amide bonds. The Hall–Kier alpha value is 0.400. The number of rotatable bonds is 2. The summed E-state index contributed by atoms with van der Waals surface area (Å²) < 4.78 is 0.933. The van der Waals surface area contributed by atoms with Crippen LogP contribution < -0.4 is 0 Å². The van der Waals surface area contributed by atoms with Crippen LogP contribution in [0.3, 0.4) is 0 Å². The summed E-state index contributed by atoms with van der Waals surface area (Å²) in [6.45, 7) is 0. The molecule has 0 fully saturated rings. The first-order valence-corrected chi connectivity index (χ1v) is 4.63. The molecule has 50 valence electrons. The van der Waals surface area contributed by atoms with Crippen LogP contribution in [0, 0.1) is 0 Å². The zero-order chi connectivity index (χ0) is 6.69. The van der Waals surface area contributed by atoms with Gasteiger partial charge in [0.15, 0.2) is 3.92 Å². The number of hydrogen-bond acceptors (Lipinski definition) is 2. The minimum absolute atomic E-state index is 0.675. The molecule has 1 aromatic rings. The van der Waals surface area contributed by atoms with E-state index >= 15 is 0 Å². The highest BCUT2D eigenvalue weighted by atomic mass is 79.9. The van der Waals surface area contributed by atoms with E-state index in [9.17, 15) is 0 Å². The summed E-state index contributed by atoms with van der Waals surface area (Å²) >= 11 is 10.4. The highest BCUT2D eigenvalue weighted by molar-refractivity contribution is 9.11. The third-order valence-electron chi connectivity index (χ3n) is 0.866. The van der Waals surface area contributed by atoms with Crippen molar-refractivity contribution in [3.8, 4) is 0 Å². The van der Waals surface area contributed by atoms with Gasteiger partial charge >= 0.3 is 0 Å². The topological polar surface area (TPSA) is 12.9 Å². The molecule has 0 radical (unpaired) electrons. The second kappa shape index (κ2) is 3.54. The number of aryl methyl sites for hydroxylation is 1. The summed E-state index contributed by atoms with van der Waals surface area (Å²) in [7, 11) is 0. The second-order valence-electron chi connectivity index (χ2n) is 1.52. The minimum atomic E-state index is 0.675. The number of thiazole rings is 1. The Labute approximate surface area is 71.2 Å². The zero-order valence-electron chi connectivity index (χ0n) is 4.60. The van der Waals surface area contributed by atoms with Gasteiger partial charge in [-0.1, -0.05) is 0 Å². The molecule has 9 heavy (non-hydrogen) atoms. The third-order valence-corrected chi connectivity index (χ3v) is 2.59. The molecule has 0 aliphatic carbocycles. The van der Waals surface area contributed by atoms with Crippen LogP contribution in [-0.2, 0) is 6.42 Å². The lowest BCUT2D eigenvalue weighted by molar-refractivity contribution is 1.17. The van der Waals surface area contributed by atoms with Gasteiger partial charge in [-0.05, 0) is 22.4 Å². The maximum atomic E-state index is 5.51. The van der Waals surface area contributed by atoms with Crippen LogP contribution in [0.1, 0.15) is 4.88 Å².